The van der Waals surface area contributed by atoms with Crippen LogP contribution in [0.15, 0.2) is 79.4 Å². The number of aryl methyl sites for hydroxylation is 1. The summed E-state index contributed by atoms with van der Waals surface area (Å²) >= 11 is 1.65. The van der Waals surface area contributed by atoms with E-state index in [-0.39, 0.29) is 6.42 Å². The van der Waals surface area contributed by atoms with Gasteiger partial charge in [0, 0.05) is 21.8 Å². The second kappa shape index (κ2) is 11.4. The van der Waals surface area contributed by atoms with Gasteiger partial charge in [0.1, 0.15) is 5.82 Å². The molecule has 0 aliphatic carbocycles. The lowest BCUT2D eigenvalue weighted by Gasteiger charge is -2.15. The average Bonchev–Trinajstić information content (AvgIpc) is 3.34. The number of thiophene rings is 1. The molecule has 0 saturated heterocycles. The predicted octanol–water partition coefficient (Wildman–Crippen LogP) is 7.04. The Hall–Kier alpha value is -4.03. The normalized spacial score (nSPS) is 11.0. The van der Waals surface area contributed by atoms with Gasteiger partial charge in [-0.1, -0.05) is 61.5 Å². The summed E-state index contributed by atoms with van der Waals surface area (Å²) in [4.78, 5) is 22.9. The summed E-state index contributed by atoms with van der Waals surface area (Å²) < 4.78 is 0. The summed E-state index contributed by atoms with van der Waals surface area (Å²) in [6.07, 6.45) is 7.49. The number of carboxylic acids is 1. The Labute approximate surface area is 209 Å². The average molecular weight is 482 g/mol. The molecule has 2 heterocycles. The minimum Gasteiger partial charge on any atom is -0.481 e. The van der Waals surface area contributed by atoms with E-state index in [1.165, 1.54) is 0 Å². The van der Waals surface area contributed by atoms with Crippen molar-refractivity contribution in [2.24, 2.45) is 0 Å². The number of hydrogen-bond acceptors (Lipinski definition) is 5. The zero-order valence-corrected chi connectivity index (χ0v) is 20.4. The van der Waals surface area contributed by atoms with E-state index in [1.807, 2.05) is 48.5 Å². The molecule has 5 nitrogen and oxygen atoms in total. The number of carbonyl (C=O) groups is 1. The number of nitrogens with zero attached hydrogens (tertiary/aromatic N) is 2. The Balaban J connectivity index is 1.64. The molecule has 176 valence electrons. The fourth-order valence-electron chi connectivity index (χ4n) is 3.72. The molecule has 0 bridgehead atoms. The molecule has 2 N–H and O–H groups in total. The number of allylic oxidation sites excluding steroid dienone is 1. The molecule has 4 aromatic rings. The highest BCUT2D eigenvalue weighted by molar-refractivity contribution is 7.16. The van der Waals surface area contributed by atoms with Gasteiger partial charge in [0.2, 0.25) is 0 Å². The SMILES string of the molecule is C=CCc1c(CC)nc(-c2ccc(C=Cc3ccccc3)s2)nc1Nc1ccc(CC(=O)O)cc1. The van der Waals surface area contributed by atoms with Gasteiger partial charge in [-0.3, -0.25) is 4.79 Å². The van der Waals surface area contributed by atoms with E-state index in [0.717, 1.165) is 50.1 Å². The lowest BCUT2D eigenvalue weighted by molar-refractivity contribution is -0.136. The molecule has 0 amide bonds. The molecule has 4 rings (SSSR count). The van der Waals surface area contributed by atoms with Crippen LogP contribution in [0, 0.1) is 0 Å². The number of aromatic nitrogens is 2. The first-order valence-corrected chi connectivity index (χ1v) is 12.3. The molecule has 6 heteroatoms. The van der Waals surface area contributed by atoms with Crippen molar-refractivity contribution in [1.29, 1.82) is 0 Å². The Morgan fingerprint density at radius 2 is 1.80 bits per heavy atom. The van der Waals surface area contributed by atoms with Gasteiger partial charge in [-0.15, -0.1) is 17.9 Å². The van der Waals surface area contributed by atoms with Crippen molar-refractivity contribution in [3.63, 3.8) is 0 Å². The number of carboxylic acid groups (broad SMARTS) is 1. The molecule has 0 aliphatic heterocycles. The van der Waals surface area contributed by atoms with Crippen LogP contribution in [-0.2, 0) is 24.1 Å². The van der Waals surface area contributed by atoms with Crippen molar-refractivity contribution in [1.82, 2.24) is 9.97 Å². The monoisotopic (exact) mass is 481 g/mol. The number of anilines is 2. The van der Waals surface area contributed by atoms with Crippen LogP contribution < -0.4 is 5.32 Å². The van der Waals surface area contributed by atoms with Crippen molar-refractivity contribution in [3.05, 3.63) is 107 Å². The number of benzene rings is 2. The van der Waals surface area contributed by atoms with Crippen LogP contribution in [0.25, 0.3) is 22.9 Å². The number of rotatable bonds is 10. The molecule has 0 aliphatic rings. The van der Waals surface area contributed by atoms with Gasteiger partial charge in [-0.25, -0.2) is 9.97 Å². The summed E-state index contributed by atoms with van der Waals surface area (Å²) in [5, 5.41) is 12.4. The molecule has 2 aromatic heterocycles. The summed E-state index contributed by atoms with van der Waals surface area (Å²) in [7, 11) is 0. The van der Waals surface area contributed by atoms with Crippen molar-refractivity contribution >= 4 is 41.0 Å². The number of nitrogens with one attached hydrogen (secondary N) is 1. The molecule has 0 unspecified atom stereocenters. The minimum absolute atomic E-state index is 0.000931. The van der Waals surface area contributed by atoms with Gasteiger partial charge in [-0.2, -0.15) is 0 Å². The third-order valence-electron chi connectivity index (χ3n) is 5.43. The Kier molecular flexibility index (Phi) is 7.85. The van der Waals surface area contributed by atoms with E-state index in [2.05, 4.69) is 55.2 Å². The maximum Gasteiger partial charge on any atom is 0.307 e. The van der Waals surface area contributed by atoms with E-state index in [0.29, 0.717) is 12.2 Å². The molecule has 0 spiro atoms. The fourth-order valence-corrected chi connectivity index (χ4v) is 4.56. The van der Waals surface area contributed by atoms with Crippen LogP contribution >= 0.6 is 11.3 Å². The molecule has 2 aromatic carbocycles. The van der Waals surface area contributed by atoms with Crippen LogP contribution in [0.2, 0.25) is 0 Å². The summed E-state index contributed by atoms with van der Waals surface area (Å²) in [5.74, 6) is 0.581. The van der Waals surface area contributed by atoms with Crippen LogP contribution in [-0.4, -0.2) is 21.0 Å². The first kappa shape index (κ1) is 24.1. The van der Waals surface area contributed by atoms with E-state index in [1.54, 1.807) is 11.3 Å². The largest absolute Gasteiger partial charge is 0.481 e. The summed E-state index contributed by atoms with van der Waals surface area (Å²) in [6.45, 7) is 5.99. The third kappa shape index (κ3) is 6.31. The van der Waals surface area contributed by atoms with Gasteiger partial charge >= 0.3 is 5.97 Å². The van der Waals surface area contributed by atoms with Crippen molar-refractivity contribution in [3.8, 4) is 10.7 Å². The predicted molar refractivity (Wildman–Crippen MR) is 145 cm³/mol. The van der Waals surface area contributed by atoms with Crippen LogP contribution in [0.1, 0.15) is 34.2 Å². The lowest BCUT2D eigenvalue weighted by atomic mass is 10.1. The summed E-state index contributed by atoms with van der Waals surface area (Å²) in [6, 6.07) is 21.7. The van der Waals surface area contributed by atoms with Crippen molar-refractivity contribution < 1.29 is 9.90 Å². The molecule has 35 heavy (non-hydrogen) atoms. The highest BCUT2D eigenvalue weighted by Gasteiger charge is 2.15. The zero-order chi connectivity index (χ0) is 24.6. The van der Waals surface area contributed by atoms with E-state index in [4.69, 9.17) is 15.1 Å². The molecule has 0 fully saturated rings. The topological polar surface area (TPSA) is 75.1 Å². The van der Waals surface area contributed by atoms with E-state index >= 15 is 0 Å². The van der Waals surface area contributed by atoms with Gasteiger partial charge in [0.25, 0.3) is 0 Å². The second-order valence-electron chi connectivity index (χ2n) is 8.01. The zero-order valence-electron chi connectivity index (χ0n) is 19.6. The highest BCUT2D eigenvalue weighted by Crippen LogP contribution is 2.31. The maximum absolute atomic E-state index is 11.0. The van der Waals surface area contributed by atoms with Gasteiger partial charge in [0.05, 0.1) is 11.3 Å². The van der Waals surface area contributed by atoms with Crippen molar-refractivity contribution in [2.45, 2.75) is 26.2 Å². The fraction of sp³-hybridized carbons (Fsp3) is 0.138. The minimum atomic E-state index is -0.846. The number of hydrogen-bond donors (Lipinski definition) is 2. The molecule has 0 saturated carbocycles. The summed E-state index contributed by atoms with van der Waals surface area (Å²) in [5.41, 5.74) is 4.74. The second-order valence-corrected chi connectivity index (χ2v) is 9.12. The standard InChI is InChI=1S/C29H27N3O2S/c1-3-8-24-25(4-2)31-29(26-18-17-23(35-26)16-13-20-9-6-5-7-10-20)32-28(24)30-22-14-11-21(12-15-22)19-27(33)34/h3,5-7,9-18H,1,4,8,19H2,2H3,(H,33,34)(H,30,31,32). The van der Waals surface area contributed by atoms with Crippen LogP contribution in [0.3, 0.4) is 0 Å². The smallest absolute Gasteiger partial charge is 0.307 e. The quantitative estimate of drug-likeness (QED) is 0.238. The molecular formula is C29H27N3O2S. The highest BCUT2D eigenvalue weighted by atomic mass is 32.1. The Bertz CT molecular complexity index is 1340. The van der Waals surface area contributed by atoms with Crippen LogP contribution in [0.5, 0.6) is 0 Å². The number of aliphatic carboxylic acids is 1. The Morgan fingerprint density at radius 3 is 2.49 bits per heavy atom. The first-order chi connectivity index (χ1) is 17.1. The van der Waals surface area contributed by atoms with Gasteiger partial charge in [-0.05, 0) is 54.3 Å². The van der Waals surface area contributed by atoms with Crippen LogP contribution in [0.4, 0.5) is 11.5 Å². The van der Waals surface area contributed by atoms with Crippen molar-refractivity contribution in [2.75, 3.05) is 5.32 Å². The lowest BCUT2D eigenvalue weighted by Crippen LogP contribution is -2.07. The molecular weight excluding hydrogens is 454 g/mol. The Morgan fingerprint density at radius 1 is 1.03 bits per heavy atom. The van der Waals surface area contributed by atoms with E-state index < -0.39 is 5.97 Å². The van der Waals surface area contributed by atoms with Gasteiger partial charge in [0.15, 0.2) is 5.82 Å². The molecule has 0 atom stereocenters. The van der Waals surface area contributed by atoms with Gasteiger partial charge < -0.3 is 10.4 Å². The maximum atomic E-state index is 11.0. The van der Waals surface area contributed by atoms with E-state index in [9.17, 15) is 4.79 Å². The molecule has 0 radical (unpaired) electrons. The first-order valence-electron chi connectivity index (χ1n) is 11.5. The third-order valence-corrected chi connectivity index (χ3v) is 6.48.